The molecule has 1 N–H and O–H groups in total. The van der Waals surface area contributed by atoms with Crippen LogP contribution in [0.15, 0.2) is 36.4 Å². The molecule has 0 saturated heterocycles. The molecule has 1 atom stereocenters. The van der Waals surface area contributed by atoms with Crippen molar-refractivity contribution in [2.45, 2.75) is 26.1 Å². The van der Waals surface area contributed by atoms with E-state index in [1.54, 1.807) is 32.0 Å². The van der Waals surface area contributed by atoms with E-state index >= 15 is 0 Å². The molecule has 0 heterocycles. The number of hydrogen-bond acceptors (Lipinski definition) is 1. The third-order valence-electron chi connectivity index (χ3n) is 3.56. The first kappa shape index (κ1) is 15.5. The molecule has 0 radical (unpaired) electrons. The minimum Gasteiger partial charge on any atom is -0.384 e. The van der Waals surface area contributed by atoms with Gasteiger partial charge in [0, 0.05) is 0 Å². The summed E-state index contributed by atoms with van der Waals surface area (Å²) in [6, 6.07) is 7.34. The second kappa shape index (κ2) is 5.48. The first-order valence-electron chi connectivity index (χ1n) is 6.32. The monoisotopic (exact) mass is 298 g/mol. The third-order valence-corrected chi connectivity index (χ3v) is 3.56. The molecule has 0 fully saturated rings. The summed E-state index contributed by atoms with van der Waals surface area (Å²) in [6.07, 6.45) is -6.18. The van der Waals surface area contributed by atoms with Crippen LogP contribution in [0.25, 0.3) is 0 Å². The van der Waals surface area contributed by atoms with E-state index in [1.807, 2.05) is 0 Å². The van der Waals surface area contributed by atoms with Crippen molar-refractivity contribution in [2.75, 3.05) is 0 Å². The summed E-state index contributed by atoms with van der Waals surface area (Å²) in [6.45, 7) is 3.53. The Hall–Kier alpha value is -1.88. The molecule has 0 saturated carbocycles. The highest BCUT2D eigenvalue weighted by Gasteiger charge is 2.36. The van der Waals surface area contributed by atoms with Crippen molar-refractivity contribution >= 4 is 0 Å². The summed E-state index contributed by atoms with van der Waals surface area (Å²) < 4.78 is 52.1. The molecule has 2 aromatic carbocycles. The topological polar surface area (TPSA) is 20.2 Å². The number of halogens is 4. The Morgan fingerprint density at radius 3 is 2.29 bits per heavy atom. The Bertz CT molecular complexity index is 662. The number of alkyl halides is 3. The summed E-state index contributed by atoms with van der Waals surface area (Å²) in [5, 5.41) is 10.3. The fourth-order valence-electron chi connectivity index (χ4n) is 2.25. The number of aryl methyl sites for hydroxylation is 1. The van der Waals surface area contributed by atoms with Gasteiger partial charge in [0.15, 0.2) is 0 Å². The molecule has 0 bridgehead atoms. The van der Waals surface area contributed by atoms with Crippen molar-refractivity contribution in [1.29, 1.82) is 0 Å². The largest absolute Gasteiger partial charge is 0.416 e. The van der Waals surface area contributed by atoms with Crippen LogP contribution in [0.1, 0.15) is 33.9 Å². The summed E-state index contributed by atoms with van der Waals surface area (Å²) >= 11 is 0. The molecular weight excluding hydrogens is 284 g/mol. The molecule has 21 heavy (non-hydrogen) atoms. The molecule has 5 heteroatoms. The van der Waals surface area contributed by atoms with Crippen LogP contribution >= 0.6 is 0 Å². The van der Waals surface area contributed by atoms with Crippen LogP contribution in [0, 0.1) is 19.7 Å². The first-order chi connectivity index (χ1) is 9.71. The molecule has 0 aliphatic rings. The predicted molar refractivity (Wildman–Crippen MR) is 71.4 cm³/mol. The molecule has 0 aliphatic carbocycles. The smallest absolute Gasteiger partial charge is 0.384 e. The third kappa shape index (κ3) is 3.08. The van der Waals surface area contributed by atoms with Crippen molar-refractivity contribution < 1.29 is 22.7 Å². The summed E-state index contributed by atoms with van der Waals surface area (Å²) in [7, 11) is 0. The molecule has 1 nitrogen and oxygen atoms in total. The summed E-state index contributed by atoms with van der Waals surface area (Å²) in [4.78, 5) is 0. The van der Waals surface area contributed by atoms with Gasteiger partial charge < -0.3 is 5.11 Å². The fraction of sp³-hybridized carbons (Fsp3) is 0.250. The van der Waals surface area contributed by atoms with Crippen molar-refractivity contribution in [3.05, 3.63) is 70.0 Å². The molecule has 0 aromatic heterocycles. The maximum Gasteiger partial charge on any atom is 0.416 e. The Balaban J connectivity index is 2.59. The van der Waals surface area contributed by atoms with Crippen molar-refractivity contribution in [3.8, 4) is 0 Å². The zero-order valence-electron chi connectivity index (χ0n) is 11.5. The summed E-state index contributed by atoms with van der Waals surface area (Å²) in [5.74, 6) is -0.987. The van der Waals surface area contributed by atoms with Crippen LogP contribution in [0.4, 0.5) is 17.6 Å². The molecule has 0 aliphatic heterocycles. The second-order valence-corrected chi connectivity index (χ2v) is 4.92. The highest BCUT2D eigenvalue weighted by atomic mass is 19.4. The van der Waals surface area contributed by atoms with E-state index in [2.05, 4.69) is 0 Å². The van der Waals surface area contributed by atoms with E-state index < -0.39 is 23.7 Å². The Labute approximate surface area is 119 Å². The van der Waals surface area contributed by atoms with Crippen LogP contribution in [0.3, 0.4) is 0 Å². The lowest BCUT2D eigenvalue weighted by Gasteiger charge is -2.20. The molecule has 0 amide bonds. The highest BCUT2D eigenvalue weighted by molar-refractivity contribution is 5.42. The van der Waals surface area contributed by atoms with Gasteiger partial charge in [0.1, 0.15) is 11.9 Å². The molecule has 112 valence electrons. The van der Waals surface area contributed by atoms with Gasteiger partial charge in [0.2, 0.25) is 0 Å². The predicted octanol–water partition coefficient (Wildman–Crippen LogP) is 4.54. The SMILES string of the molecule is Cc1cccc(C(O)c2ccc(F)cc2C(F)(F)F)c1C. The van der Waals surface area contributed by atoms with Gasteiger partial charge in [-0.2, -0.15) is 13.2 Å². The van der Waals surface area contributed by atoms with Gasteiger partial charge >= 0.3 is 6.18 Å². The van der Waals surface area contributed by atoms with Crippen molar-refractivity contribution in [1.82, 2.24) is 0 Å². The number of hydrogen-bond donors (Lipinski definition) is 1. The second-order valence-electron chi connectivity index (χ2n) is 4.92. The van der Waals surface area contributed by atoms with Gasteiger partial charge in [-0.1, -0.05) is 24.3 Å². The normalized spacial score (nSPS) is 13.3. The van der Waals surface area contributed by atoms with Crippen LogP contribution in [0.2, 0.25) is 0 Å². The van der Waals surface area contributed by atoms with Gasteiger partial charge in [0.05, 0.1) is 5.56 Å². The highest BCUT2D eigenvalue weighted by Crippen LogP contribution is 2.37. The molecule has 2 aromatic rings. The number of rotatable bonds is 2. The van der Waals surface area contributed by atoms with Crippen LogP contribution in [-0.2, 0) is 6.18 Å². The minimum absolute atomic E-state index is 0.349. The van der Waals surface area contributed by atoms with Gasteiger partial charge in [-0.15, -0.1) is 0 Å². The van der Waals surface area contributed by atoms with Crippen LogP contribution in [-0.4, -0.2) is 5.11 Å². The number of benzene rings is 2. The van der Waals surface area contributed by atoms with E-state index in [-0.39, 0.29) is 5.56 Å². The standard InChI is InChI=1S/C16H14F4O/c1-9-4-3-5-12(10(9)2)15(21)13-7-6-11(17)8-14(13)16(18,19)20/h3-8,15,21H,1-2H3. The van der Waals surface area contributed by atoms with Crippen LogP contribution in [0.5, 0.6) is 0 Å². The Morgan fingerprint density at radius 1 is 1.00 bits per heavy atom. The van der Waals surface area contributed by atoms with Gasteiger partial charge in [-0.25, -0.2) is 4.39 Å². The Kier molecular flexibility index (Phi) is 4.05. The zero-order valence-corrected chi connectivity index (χ0v) is 11.5. The van der Waals surface area contributed by atoms with E-state index in [4.69, 9.17) is 0 Å². The first-order valence-corrected chi connectivity index (χ1v) is 6.32. The molecule has 2 rings (SSSR count). The minimum atomic E-state index is -4.73. The molecular formula is C16H14F4O. The van der Waals surface area contributed by atoms with Gasteiger partial charge in [-0.05, 0) is 48.2 Å². The maximum absolute atomic E-state index is 13.1. The quantitative estimate of drug-likeness (QED) is 0.807. The van der Waals surface area contributed by atoms with Gasteiger partial charge in [-0.3, -0.25) is 0 Å². The van der Waals surface area contributed by atoms with Gasteiger partial charge in [0.25, 0.3) is 0 Å². The lowest BCUT2D eigenvalue weighted by Crippen LogP contribution is -2.14. The number of aliphatic hydroxyl groups is 1. The van der Waals surface area contributed by atoms with E-state index in [1.165, 1.54) is 0 Å². The average molecular weight is 298 g/mol. The van der Waals surface area contributed by atoms with E-state index in [9.17, 15) is 22.7 Å². The zero-order chi connectivity index (χ0) is 15.8. The van der Waals surface area contributed by atoms with E-state index in [0.717, 1.165) is 17.7 Å². The summed E-state index contributed by atoms with van der Waals surface area (Å²) in [5.41, 5.74) is 0.449. The number of aliphatic hydroxyl groups excluding tert-OH is 1. The van der Waals surface area contributed by atoms with E-state index in [0.29, 0.717) is 17.2 Å². The molecule has 1 unspecified atom stereocenters. The average Bonchev–Trinajstić information content (AvgIpc) is 2.40. The fourth-order valence-corrected chi connectivity index (χ4v) is 2.25. The molecule has 0 spiro atoms. The van der Waals surface area contributed by atoms with Crippen molar-refractivity contribution in [3.63, 3.8) is 0 Å². The maximum atomic E-state index is 13.1. The lowest BCUT2D eigenvalue weighted by molar-refractivity contribution is -0.139. The van der Waals surface area contributed by atoms with Crippen molar-refractivity contribution in [2.24, 2.45) is 0 Å². The Morgan fingerprint density at radius 2 is 1.67 bits per heavy atom. The van der Waals surface area contributed by atoms with Crippen LogP contribution < -0.4 is 0 Å². The lowest BCUT2D eigenvalue weighted by atomic mass is 9.92.